The molecule has 2 aliphatic heterocycles. The van der Waals surface area contributed by atoms with E-state index in [9.17, 15) is 9.59 Å². The molecule has 3 aliphatic rings. The van der Waals surface area contributed by atoms with Crippen molar-refractivity contribution in [2.75, 3.05) is 30.9 Å². The lowest BCUT2D eigenvalue weighted by molar-refractivity contribution is -0.116. The number of nitrogens with one attached hydrogen (secondary N) is 1. The monoisotopic (exact) mass is 403 g/mol. The van der Waals surface area contributed by atoms with Gasteiger partial charge in [0.2, 0.25) is 5.91 Å². The molecule has 1 saturated carbocycles. The molecule has 2 saturated heterocycles. The number of hydrogen-bond donors (Lipinski definition) is 1. The second kappa shape index (κ2) is 8.23. The number of thioether (sulfide) groups is 1. The van der Waals surface area contributed by atoms with Crippen LogP contribution in [0, 0.1) is 0 Å². The maximum absolute atomic E-state index is 12.7. The van der Waals surface area contributed by atoms with E-state index in [0.717, 1.165) is 37.1 Å². The first-order valence-electron chi connectivity index (χ1n) is 10.3. The summed E-state index contributed by atoms with van der Waals surface area (Å²) >= 11 is 1.72. The summed E-state index contributed by atoms with van der Waals surface area (Å²) in [5.41, 5.74) is 0.913. The van der Waals surface area contributed by atoms with Crippen LogP contribution in [-0.4, -0.2) is 53.7 Å². The second-order valence-electron chi connectivity index (χ2n) is 7.93. The number of likely N-dealkylation sites (tertiary alicyclic amines) is 1. The number of piperidine rings is 1. The van der Waals surface area contributed by atoms with E-state index < -0.39 is 0 Å². The van der Waals surface area contributed by atoms with Crippen molar-refractivity contribution in [1.82, 2.24) is 10.2 Å². The molecule has 0 atom stereocenters. The van der Waals surface area contributed by atoms with E-state index in [2.05, 4.69) is 5.32 Å². The quantitative estimate of drug-likeness (QED) is 0.838. The smallest absolute Gasteiger partial charge is 0.317 e. The number of urea groups is 1. The molecule has 2 heterocycles. The molecule has 0 radical (unpaired) electrons. The number of carbonyl (C=O) groups is 2. The molecule has 1 aromatic rings. The molecule has 4 rings (SSSR count). The molecule has 28 heavy (non-hydrogen) atoms. The third kappa shape index (κ3) is 3.81. The minimum Gasteiger partial charge on any atom is -0.497 e. The fourth-order valence-electron chi connectivity index (χ4n) is 4.60. The highest BCUT2D eigenvalue weighted by Gasteiger charge is 2.49. The zero-order valence-electron chi connectivity index (χ0n) is 16.5. The predicted octanol–water partition coefficient (Wildman–Crippen LogP) is 3.61. The van der Waals surface area contributed by atoms with Gasteiger partial charge in [0.05, 0.1) is 17.7 Å². The molecule has 0 bridgehead atoms. The standard InChI is InChI=1S/C21H29N3O3S/c1-27-18-9-7-17(8-10-18)24-19(25)15-28-21(24)11-13-23(14-12-21)20(26)22-16-5-3-2-4-6-16/h7-10,16H,2-6,11-15H2,1H3,(H,22,26). The van der Waals surface area contributed by atoms with Gasteiger partial charge < -0.3 is 15.0 Å². The SMILES string of the molecule is COc1ccc(N2C(=O)CSC23CCN(C(=O)NC2CCCCC2)CC3)cc1. The molecule has 152 valence electrons. The maximum Gasteiger partial charge on any atom is 0.317 e. The molecule has 0 unspecified atom stereocenters. The van der Waals surface area contributed by atoms with Gasteiger partial charge in [0.15, 0.2) is 0 Å². The van der Waals surface area contributed by atoms with Gasteiger partial charge in [-0.1, -0.05) is 19.3 Å². The summed E-state index contributed by atoms with van der Waals surface area (Å²) in [5.74, 6) is 1.43. The molecule has 6 nitrogen and oxygen atoms in total. The molecular formula is C21H29N3O3S. The van der Waals surface area contributed by atoms with Gasteiger partial charge in [0.25, 0.3) is 0 Å². The zero-order valence-corrected chi connectivity index (χ0v) is 17.3. The highest BCUT2D eigenvalue weighted by atomic mass is 32.2. The Morgan fingerprint density at radius 3 is 2.46 bits per heavy atom. The van der Waals surface area contributed by atoms with E-state index in [4.69, 9.17) is 4.74 Å². The summed E-state index contributed by atoms with van der Waals surface area (Å²) < 4.78 is 5.24. The molecule has 1 spiro atoms. The lowest BCUT2D eigenvalue weighted by Gasteiger charge is -2.44. The Hall–Kier alpha value is -1.89. The Morgan fingerprint density at radius 2 is 1.82 bits per heavy atom. The van der Waals surface area contributed by atoms with Gasteiger partial charge in [0.1, 0.15) is 5.75 Å². The normalized spacial score (nSPS) is 22.5. The summed E-state index contributed by atoms with van der Waals surface area (Å²) in [5, 5.41) is 3.22. The van der Waals surface area contributed by atoms with Crippen molar-refractivity contribution in [1.29, 1.82) is 0 Å². The van der Waals surface area contributed by atoms with Crippen LogP contribution in [-0.2, 0) is 4.79 Å². The van der Waals surface area contributed by atoms with E-state index in [1.807, 2.05) is 34.1 Å². The third-order valence-electron chi connectivity index (χ3n) is 6.22. The summed E-state index contributed by atoms with van der Waals surface area (Å²) in [6.45, 7) is 1.37. The van der Waals surface area contributed by atoms with Crippen LogP contribution in [0.5, 0.6) is 5.75 Å². The second-order valence-corrected chi connectivity index (χ2v) is 9.27. The van der Waals surface area contributed by atoms with Crippen molar-refractivity contribution < 1.29 is 14.3 Å². The Kier molecular flexibility index (Phi) is 5.71. The Morgan fingerprint density at radius 1 is 1.14 bits per heavy atom. The van der Waals surface area contributed by atoms with Crippen LogP contribution in [0.3, 0.4) is 0 Å². The fraction of sp³-hybridized carbons (Fsp3) is 0.619. The van der Waals surface area contributed by atoms with Gasteiger partial charge >= 0.3 is 6.03 Å². The van der Waals surface area contributed by atoms with Crippen LogP contribution < -0.4 is 15.0 Å². The van der Waals surface area contributed by atoms with Crippen molar-refractivity contribution in [2.24, 2.45) is 0 Å². The number of amides is 3. The van der Waals surface area contributed by atoms with Crippen LogP contribution in [0.25, 0.3) is 0 Å². The number of carbonyl (C=O) groups excluding carboxylic acids is 2. The minimum atomic E-state index is -0.243. The van der Waals surface area contributed by atoms with E-state index >= 15 is 0 Å². The van der Waals surface area contributed by atoms with Gasteiger partial charge in [-0.25, -0.2) is 4.79 Å². The Balaban J connectivity index is 1.41. The average molecular weight is 404 g/mol. The summed E-state index contributed by atoms with van der Waals surface area (Å²) in [6.07, 6.45) is 7.50. The molecule has 1 aromatic carbocycles. The Labute approximate surface area is 171 Å². The van der Waals surface area contributed by atoms with Crippen molar-refractivity contribution in [3.63, 3.8) is 0 Å². The first-order chi connectivity index (χ1) is 13.6. The molecule has 7 heteroatoms. The van der Waals surface area contributed by atoms with Crippen molar-refractivity contribution in [2.45, 2.75) is 55.9 Å². The Bertz CT molecular complexity index is 710. The third-order valence-corrected chi connectivity index (χ3v) is 7.74. The first kappa shape index (κ1) is 19.4. The largest absolute Gasteiger partial charge is 0.497 e. The van der Waals surface area contributed by atoms with Crippen molar-refractivity contribution in [3.8, 4) is 5.75 Å². The van der Waals surface area contributed by atoms with Gasteiger partial charge in [-0.05, 0) is 49.9 Å². The molecule has 1 aliphatic carbocycles. The number of rotatable bonds is 3. The number of nitrogens with zero attached hydrogens (tertiary/aromatic N) is 2. The van der Waals surface area contributed by atoms with Gasteiger partial charge in [-0.3, -0.25) is 9.69 Å². The number of hydrogen-bond acceptors (Lipinski definition) is 4. The highest BCUT2D eigenvalue weighted by molar-refractivity contribution is 8.02. The first-order valence-corrected chi connectivity index (χ1v) is 11.3. The van der Waals surface area contributed by atoms with E-state index in [0.29, 0.717) is 24.9 Å². The van der Waals surface area contributed by atoms with Crippen LogP contribution >= 0.6 is 11.8 Å². The van der Waals surface area contributed by atoms with Gasteiger partial charge in [-0.2, -0.15) is 0 Å². The van der Waals surface area contributed by atoms with E-state index in [-0.39, 0.29) is 16.8 Å². The molecule has 3 amide bonds. The lowest BCUT2D eigenvalue weighted by Crippen LogP contribution is -2.55. The number of ether oxygens (including phenoxy) is 1. The fourth-order valence-corrected chi connectivity index (χ4v) is 5.93. The topological polar surface area (TPSA) is 61.9 Å². The molecule has 1 N–H and O–H groups in total. The number of anilines is 1. The maximum atomic E-state index is 12.7. The van der Waals surface area contributed by atoms with Gasteiger partial charge in [0, 0.05) is 24.8 Å². The molecule has 0 aromatic heterocycles. The summed E-state index contributed by atoms with van der Waals surface area (Å²) in [4.78, 5) is 29.0. The molecule has 3 fully saturated rings. The van der Waals surface area contributed by atoms with Crippen molar-refractivity contribution >= 4 is 29.4 Å². The van der Waals surface area contributed by atoms with Crippen LogP contribution in [0.4, 0.5) is 10.5 Å². The van der Waals surface area contributed by atoms with Crippen LogP contribution in [0.2, 0.25) is 0 Å². The highest BCUT2D eigenvalue weighted by Crippen LogP contribution is 2.47. The van der Waals surface area contributed by atoms with Crippen molar-refractivity contribution in [3.05, 3.63) is 24.3 Å². The number of benzene rings is 1. The van der Waals surface area contributed by atoms with Gasteiger partial charge in [-0.15, -0.1) is 11.8 Å². The van der Waals surface area contributed by atoms with E-state index in [1.165, 1.54) is 19.3 Å². The lowest BCUT2D eigenvalue weighted by atomic mass is 9.95. The average Bonchev–Trinajstić information content (AvgIpc) is 3.05. The zero-order chi connectivity index (χ0) is 19.6. The van der Waals surface area contributed by atoms with Crippen LogP contribution in [0.15, 0.2) is 24.3 Å². The minimum absolute atomic E-state index is 0.0621. The summed E-state index contributed by atoms with van der Waals surface area (Å²) in [6, 6.07) is 8.08. The van der Waals surface area contributed by atoms with E-state index in [1.54, 1.807) is 18.9 Å². The summed E-state index contributed by atoms with van der Waals surface area (Å²) in [7, 11) is 1.64. The predicted molar refractivity (Wildman–Crippen MR) is 112 cm³/mol. The van der Waals surface area contributed by atoms with Crippen LogP contribution in [0.1, 0.15) is 44.9 Å². The molecular weight excluding hydrogens is 374 g/mol. The number of methoxy groups -OCH3 is 1.